The highest BCUT2D eigenvalue weighted by molar-refractivity contribution is 5.91. The predicted octanol–water partition coefficient (Wildman–Crippen LogP) is 2.47. The van der Waals surface area contributed by atoms with Gasteiger partial charge in [0.25, 0.3) is 0 Å². The van der Waals surface area contributed by atoms with Gasteiger partial charge in [0.1, 0.15) is 0 Å². The number of aryl methyl sites for hydroxylation is 1. The molecule has 1 atom stereocenters. The van der Waals surface area contributed by atoms with Crippen molar-refractivity contribution in [1.82, 2.24) is 4.90 Å². The van der Waals surface area contributed by atoms with E-state index in [-0.39, 0.29) is 12.3 Å². The first-order chi connectivity index (χ1) is 10.3. The third kappa shape index (κ3) is 2.98. The van der Waals surface area contributed by atoms with Gasteiger partial charge in [0.15, 0.2) is 11.6 Å². The van der Waals surface area contributed by atoms with E-state index in [2.05, 4.69) is 5.32 Å². The van der Waals surface area contributed by atoms with E-state index in [1.807, 2.05) is 0 Å². The van der Waals surface area contributed by atoms with E-state index in [9.17, 15) is 19.1 Å². The molecule has 1 fully saturated rings. The van der Waals surface area contributed by atoms with Crippen molar-refractivity contribution < 1.29 is 23.8 Å². The highest BCUT2D eigenvalue weighted by atomic mass is 19.1. The number of rotatable bonds is 3. The third-order valence-electron chi connectivity index (χ3n) is 4.02. The van der Waals surface area contributed by atoms with Crippen molar-refractivity contribution in [3.63, 3.8) is 0 Å². The normalized spacial score (nSPS) is 20.8. The molecular formula is C15H19FN2O4. The van der Waals surface area contributed by atoms with Crippen LogP contribution in [0.4, 0.5) is 14.9 Å². The van der Waals surface area contributed by atoms with Gasteiger partial charge in [-0.25, -0.2) is 9.18 Å². The summed E-state index contributed by atoms with van der Waals surface area (Å²) in [6, 6.07) is 2.26. The Morgan fingerprint density at radius 3 is 2.68 bits per heavy atom. The molecule has 7 heteroatoms. The lowest BCUT2D eigenvalue weighted by atomic mass is 9.90. The van der Waals surface area contributed by atoms with Gasteiger partial charge in [0.2, 0.25) is 0 Å². The maximum Gasteiger partial charge on any atom is 0.321 e. The van der Waals surface area contributed by atoms with Gasteiger partial charge in [-0.05, 0) is 31.9 Å². The summed E-state index contributed by atoms with van der Waals surface area (Å²) in [7, 11) is 1.37. The number of urea groups is 1. The molecule has 1 aromatic carbocycles. The molecular weight excluding hydrogens is 291 g/mol. The molecule has 2 rings (SSSR count). The van der Waals surface area contributed by atoms with Crippen molar-refractivity contribution in [2.45, 2.75) is 20.3 Å². The molecule has 0 spiro atoms. The Kier molecular flexibility index (Phi) is 4.25. The summed E-state index contributed by atoms with van der Waals surface area (Å²) >= 11 is 0. The van der Waals surface area contributed by atoms with Crippen LogP contribution in [0.3, 0.4) is 0 Å². The van der Waals surface area contributed by atoms with Crippen molar-refractivity contribution in [2.24, 2.45) is 5.41 Å². The van der Waals surface area contributed by atoms with Crippen molar-refractivity contribution in [3.8, 4) is 5.75 Å². The van der Waals surface area contributed by atoms with Crippen LogP contribution in [-0.2, 0) is 4.79 Å². The Morgan fingerprint density at radius 2 is 2.14 bits per heavy atom. The summed E-state index contributed by atoms with van der Waals surface area (Å²) in [4.78, 5) is 24.8. The third-order valence-corrected chi connectivity index (χ3v) is 4.02. The zero-order chi connectivity index (χ0) is 16.5. The first kappa shape index (κ1) is 16.1. The number of anilines is 1. The summed E-state index contributed by atoms with van der Waals surface area (Å²) in [5.41, 5.74) is 0.0661. The molecule has 1 aliphatic heterocycles. The first-order valence-corrected chi connectivity index (χ1v) is 6.90. The second-order valence-electron chi connectivity index (χ2n) is 5.77. The molecule has 0 aliphatic carbocycles. The molecule has 1 heterocycles. The van der Waals surface area contributed by atoms with Crippen LogP contribution in [0.1, 0.15) is 18.9 Å². The second kappa shape index (κ2) is 5.82. The number of amides is 2. The average Bonchev–Trinajstić information content (AvgIpc) is 2.86. The minimum absolute atomic E-state index is 0.107. The number of nitrogens with one attached hydrogen (secondary N) is 1. The maximum absolute atomic E-state index is 13.7. The molecule has 1 saturated heterocycles. The standard InChI is InChI=1S/C15H19FN2O4/c1-9-6-12(22-3)10(16)7-11(9)17-14(21)18-5-4-15(2,8-18)13(19)20/h6-7H,4-5,8H2,1-3H3,(H,17,21)(H,19,20). The smallest absolute Gasteiger partial charge is 0.321 e. The van der Waals surface area contributed by atoms with Crippen LogP contribution in [0.25, 0.3) is 0 Å². The topological polar surface area (TPSA) is 78.9 Å². The van der Waals surface area contributed by atoms with Crippen molar-refractivity contribution in [3.05, 3.63) is 23.5 Å². The minimum Gasteiger partial charge on any atom is -0.494 e. The molecule has 22 heavy (non-hydrogen) atoms. The fraction of sp³-hybridized carbons (Fsp3) is 0.467. The van der Waals surface area contributed by atoms with E-state index in [1.165, 1.54) is 24.1 Å². The zero-order valence-electron chi connectivity index (χ0n) is 12.8. The van der Waals surface area contributed by atoms with Crippen LogP contribution in [-0.4, -0.2) is 42.2 Å². The molecule has 1 aromatic rings. The van der Waals surface area contributed by atoms with Crippen molar-refractivity contribution in [2.75, 3.05) is 25.5 Å². The molecule has 0 radical (unpaired) electrons. The molecule has 1 aliphatic rings. The molecule has 2 amide bonds. The molecule has 0 aromatic heterocycles. The highest BCUT2D eigenvalue weighted by Gasteiger charge is 2.42. The predicted molar refractivity (Wildman–Crippen MR) is 78.6 cm³/mol. The Morgan fingerprint density at radius 1 is 1.45 bits per heavy atom. The lowest BCUT2D eigenvalue weighted by molar-refractivity contribution is -0.146. The van der Waals surface area contributed by atoms with Crippen LogP contribution >= 0.6 is 0 Å². The van der Waals surface area contributed by atoms with Gasteiger partial charge < -0.3 is 20.1 Å². The fourth-order valence-corrected chi connectivity index (χ4v) is 2.45. The largest absolute Gasteiger partial charge is 0.494 e. The van der Waals surface area contributed by atoms with Gasteiger partial charge in [-0.15, -0.1) is 0 Å². The number of methoxy groups -OCH3 is 1. The van der Waals surface area contributed by atoms with Crippen LogP contribution in [0.5, 0.6) is 5.75 Å². The zero-order valence-corrected chi connectivity index (χ0v) is 12.8. The van der Waals surface area contributed by atoms with E-state index in [0.29, 0.717) is 24.2 Å². The van der Waals surface area contributed by atoms with Gasteiger partial charge in [0.05, 0.1) is 12.5 Å². The van der Waals surface area contributed by atoms with Crippen LogP contribution < -0.4 is 10.1 Å². The van der Waals surface area contributed by atoms with Gasteiger partial charge in [0, 0.05) is 24.8 Å². The van der Waals surface area contributed by atoms with E-state index in [1.54, 1.807) is 13.8 Å². The molecule has 6 nitrogen and oxygen atoms in total. The van der Waals surface area contributed by atoms with E-state index < -0.39 is 23.2 Å². The molecule has 1 unspecified atom stereocenters. The number of carbonyl (C=O) groups excluding carboxylic acids is 1. The number of hydrogen-bond acceptors (Lipinski definition) is 3. The number of halogens is 1. The number of likely N-dealkylation sites (tertiary alicyclic amines) is 1. The van der Waals surface area contributed by atoms with Crippen LogP contribution in [0, 0.1) is 18.2 Å². The van der Waals surface area contributed by atoms with Crippen molar-refractivity contribution in [1.29, 1.82) is 0 Å². The lowest BCUT2D eigenvalue weighted by Gasteiger charge is -2.21. The Bertz CT molecular complexity index is 620. The summed E-state index contributed by atoms with van der Waals surface area (Å²) in [5.74, 6) is -1.38. The molecule has 0 bridgehead atoms. The first-order valence-electron chi connectivity index (χ1n) is 6.90. The van der Waals surface area contributed by atoms with E-state index >= 15 is 0 Å². The number of nitrogens with zero attached hydrogens (tertiary/aromatic N) is 1. The number of hydrogen-bond donors (Lipinski definition) is 2. The van der Waals surface area contributed by atoms with E-state index in [0.717, 1.165) is 0 Å². The van der Waals surface area contributed by atoms with Crippen molar-refractivity contribution >= 4 is 17.7 Å². The number of benzene rings is 1. The van der Waals surface area contributed by atoms with Crippen LogP contribution in [0.2, 0.25) is 0 Å². The number of aliphatic carboxylic acids is 1. The average molecular weight is 310 g/mol. The number of carboxylic acids is 1. The summed E-state index contributed by atoms with van der Waals surface area (Å²) in [6.45, 7) is 3.82. The summed E-state index contributed by atoms with van der Waals surface area (Å²) < 4.78 is 18.6. The van der Waals surface area contributed by atoms with Gasteiger partial charge in [-0.2, -0.15) is 0 Å². The fourth-order valence-electron chi connectivity index (χ4n) is 2.45. The molecule has 0 saturated carbocycles. The minimum atomic E-state index is -0.933. The quantitative estimate of drug-likeness (QED) is 0.899. The molecule has 2 N–H and O–H groups in total. The van der Waals surface area contributed by atoms with Gasteiger partial charge in [-0.3, -0.25) is 4.79 Å². The number of carboxylic acid groups (broad SMARTS) is 1. The number of carbonyl (C=O) groups is 2. The maximum atomic E-state index is 13.7. The highest BCUT2D eigenvalue weighted by Crippen LogP contribution is 2.31. The van der Waals surface area contributed by atoms with Crippen LogP contribution in [0.15, 0.2) is 12.1 Å². The second-order valence-corrected chi connectivity index (χ2v) is 5.77. The van der Waals surface area contributed by atoms with E-state index in [4.69, 9.17) is 4.74 Å². The lowest BCUT2D eigenvalue weighted by Crippen LogP contribution is -2.37. The van der Waals surface area contributed by atoms with Gasteiger partial charge >= 0.3 is 12.0 Å². The monoisotopic (exact) mass is 310 g/mol. The summed E-state index contributed by atoms with van der Waals surface area (Å²) in [5, 5.41) is 11.8. The SMILES string of the molecule is COc1cc(C)c(NC(=O)N2CCC(C)(C(=O)O)C2)cc1F. The number of ether oxygens (including phenoxy) is 1. The Balaban J connectivity index is 2.11. The Labute approximate surface area is 127 Å². The summed E-state index contributed by atoms with van der Waals surface area (Å²) in [6.07, 6.45) is 0.395. The molecule has 120 valence electrons. The Hall–Kier alpha value is -2.31. The van der Waals surface area contributed by atoms with Gasteiger partial charge in [-0.1, -0.05) is 0 Å².